The summed E-state index contributed by atoms with van der Waals surface area (Å²) in [6.07, 6.45) is 6.89. The molecule has 0 saturated heterocycles. The number of carbonyl (C=O) groups excluding carboxylic acids is 2. The number of benzene rings is 2. The van der Waals surface area contributed by atoms with Crippen LogP contribution in [0.3, 0.4) is 0 Å². The SMILES string of the molecule is COc1cc(/C=C/c2ccc(OCCCC(C)(C)C(=O)OCC(C)C)cc2)cc(OCCCC(C)(C)C(=O)OCC(C)C)c1. The average Bonchev–Trinajstić information content (AvgIpc) is 2.98. The van der Waals surface area contributed by atoms with Crippen molar-refractivity contribution in [2.75, 3.05) is 33.5 Å². The second kappa shape index (κ2) is 17.7. The van der Waals surface area contributed by atoms with Crippen LogP contribution in [0.25, 0.3) is 12.2 Å². The first kappa shape index (κ1) is 36.7. The van der Waals surface area contributed by atoms with Gasteiger partial charge in [0.05, 0.1) is 44.4 Å². The predicted molar refractivity (Wildman–Crippen MR) is 177 cm³/mol. The highest BCUT2D eigenvalue weighted by Crippen LogP contribution is 2.28. The summed E-state index contributed by atoms with van der Waals surface area (Å²) in [6, 6.07) is 13.7. The lowest BCUT2D eigenvalue weighted by Crippen LogP contribution is -2.28. The van der Waals surface area contributed by atoms with Gasteiger partial charge in [-0.15, -0.1) is 0 Å². The fourth-order valence-electron chi connectivity index (χ4n) is 4.25. The lowest BCUT2D eigenvalue weighted by Gasteiger charge is -2.23. The summed E-state index contributed by atoms with van der Waals surface area (Å²) < 4.78 is 28.3. The van der Waals surface area contributed by atoms with Gasteiger partial charge in [0.15, 0.2) is 0 Å². The highest BCUT2D eigenvalue weighted by molar-refractivity contribution is 5.76. The molecule has 0 heterocycles. The summed E-state index contributed by atoms with van der Waals surface area (Å²) in [5.41, 5.74) is 0.897. The fraction of sp³-hybridized carbons (Fsp3) is 0.568. The van der Waals surface area contributed by atoms with E-state index in [1.807, 2.05) is 110 Å². The van der Waals surface area contributed by atoms with Crippen molar-refractivity contribution in [2.45, 2.75) is 81.1 Å². The lowest BCUT2D eigenvalue weighted by atomic mass is 9.88. The number of rotatable bonds is 19. The minimum Gasteiger partial charge on any atom is -0.497 e. The van der Waals surface area contributed by atoms with Crippen molar-refractivity contribution in [3.63, 3.8) is 0 Å². The number of hydrogen-bond donors (Lipinski definition) is 0. The maximum Gasteiger partial charge on any atom is 0.311 e. The molecule has 0 spiro atoms. The van der Waals surface area contributed by atoms with E-state index in [1.54, 1.807) is 7.11 Å². The smallest absolute Gasteiger partial charge is 0.311 e. The van der Waals surface area contributed by atoms with E-state index in [0.717, 1.165) is 29.7 Å². The molecule has 7 heteroatoms. The molecule has 0 aromatic heterocycles. The number of esters is 2. The van der Waals surface area contributed by atoms with Crippen molar-refractivity contribution in [1.29, 1.82) is 0 Å². The number of carbonyl (C=O) groups is 2. The third kappa shape index (κ3) is 13.4. The number of hydrogen-bond acceptors (Lipinski definition) is 7. The monoisotopic (exact) mass is 610 g/mol. The molecule has 2 aromatic rings. The van der Waals surface area contributed by atoms with Crippen LogP contribution in [0, 0.1) is 22.7 Å². The van der Waals surface area contributed by atoms with Crippen LogP contribution in [0.15, 0.2) is 42.5 Å². The Morgan fingerprint density at radius 2 is 1.11 bits per heavy atom. The molecule has 0 saturated carbocycles. The maximum absolute atomic E-state index is 12.4. The standard InChI is InChI=1S/C37H54O7/c1-27(2)25-43-34(38)36(5,6)18-10-20-41-31-16-14-29(15-17-31)12-13-30-22-32(40-9)24-33(23-30)42-21-11-19-37(7,8)35(39)44-26-28(3)4/h12-17,22-24,27-28H,10-11,18-21,25-26H2,1-9H3/b13-12+. The molecule has 244 valence electrons. The van der Waals surface area contributed by atoms with Crippen LogP contribution in [-0.4, -0.2) is 45.5 Å². The summed E-state index contributed by atoms with van der Waals surface area (Å²) in [5.74, 6) is 2.53. The van der Waals surface area contributed by atoms with Crippen LogP contribution in [0.5, 0.6) is 17.2 Å². The zero-order valence-corrected chi connectivity index (χ0v) is 28.4. The molecule has 44 heavy (non-hydrogen) atoms. The minimum absolute atomic E-state index is 0.155. The second-order valence-electron chi connectivity index (χ2n) is 13.5. The van der Waals surface area contributed by atoms with E-state index in [1.165, 1.54) is 0 Å². The molecule has 0 bridgehead atoms. The predicted octanol–water partition coefficient (Wildman–Crippen LogP) is 8.63. The van der Waals surface area contributed by atoms with E-state index in [0.29, 0.717) is 62.6 Å². The first-order chi connectivity index (χ1) is 20.7. The third-order valence-electron chi connectivity index (χ3n) is 7.12. The molecule has 2 aromatic carbocycles. The van der Waals surface area contributed by atoms with Gasteiger partial charge in [0, 0.05) is 6.07 Å². The topological polar surface area (TPSA) is 80.3 Å². The van der Waals surface area contributed by atoms with Gasteiger partial charge >= 0.3 is 11.9 Å². The molecule has 0 aliphatic carbocycles. The molecule has 7 nitrogen and oxygen atoms in total. The molecule has 0 radical (unpaired) electrons. The van der Waals surface area contributed by atoms with Gasteiger partial charge in [0.1, 0.15) is 17.2 Å². The lowest BCUT2D eigenvalue weighted by molar-refractivity contribution is -0.156. The van der Waals surface area contributed by atoms with Gasteiger partial charge in [-0.25, -0.2) is 0 Å². The summed E-state index contributed by atoms with van der Waals surface area (Å²) in [6.45, 7) is 17.7. The van der Waals surface area contributed by atoms with E-state index in [9.17, 15) is 9.59 Å². The van der Waals surface area contributed by atoms with Gasteiger partial charge in [0.2, 0.25) is 0 Å². The molecule has 0 atom stereocenters. The second-order valence-corrected chi connectivity index (χ2v) is 13.5. The molecule has 0 aliphatic rings. The number of methoxy groups -OCH3 is 1. The highest BCUT2D eigenvalue weighted by atomic mass is 16.5. The summed E-state index contributed by atoms with van der Waals surface area (Å²) >= 11 is 0. The van der Waals surface area contributed by atoms with E-state index in [4.69, 9.17) is 23.7 Å². The zero-order chi connectivity index (χ0) is 32.8. The first-order valence-electron chi connectivity index (χ1n) is 15.8. The number of ether oxygens (including phenoxy) is 5. The molecule has 0 aliphatic heterocycles. The maximum atomic E-state index is 12.4. The quantitative estimate of drug-likeness (QED) is 0.0895. The van der Waals surface area contributed by atoms with Gasteiger partial charge in [-0.3, -0.25) is 9.59 Å². The van der Waals surface area contributed by atoms with E-state index in [2.05, 4.69) is 0 Å². The Balaban J connectivity index is 1.86. The van der Waals surface area contributed by atoms with Crippen molar-refractivity contribution in [1.82, 2.24) is 0 Å². The van der Waals surface area contributed by atoms with Crippen molar-refractivity contribution in [2.24, 2.45) is 22.7 Å². The van der Waals surface area contributed by atoms with E-state index >= 15 is 0 Å². The molecule has 0 amide bonds. The molecular formula is C37H54O7. The van der Waals surface area contributed by atoms with Gasteiger partial charge in [-0.1, -0.05) is 52.0 Å². The van der Waals surface area contributed by atoms with Crippen molar-refractivity contribution in [3.8, 4) is 17.2 Å². The Bertz CT molecular complexity index is 1190. The van der Waals surface area contributed by atoms with Crippen LogP contribution in [0.4, 0.5) is 0 Å². The van der Waals surface area contributed by atoms with Gasteiger partial charge < -0.3 is 23.7 Å². The Kier molecular flexibility index (Phi) is 14.8. The van der Waals surface area contributed by atoms with Crippen molar-refractivity contribution < 1.29 is 33.3 Å². The average molecular weight is 611 g/mol. The van der Waals surface area contributed by atoms with E-state index < -0.39 is 10.8 Å². The molecule has 2 rings (SSSR count). The van der Waals surface area contributed by atoms with Crippen LogP contribution in [0.2, 0.25) is 0 Å². The highest BCUT2D eigenvalue weighted by Gasteiger charge is 2.30. The van der Waals surface area contributed by atoms with Crippen LogP contribution in [0.1, 0.15) is 92.2 Å². The van der Waals surface area contributed by atoms with Crippen LogP contribution < -0.4 is 14.2 Å². The van der Waals surface area contributed by atoms with Crippen molar-refractivity contribution >= 4 is 24.1 Å². The van der Waals surface area contributed by atoms with E-state index in [-0.39, 0.29) is 11.9 Å². The molecule has 0 N–H and O–H groups in total. The van der Waals surface area contributed by atoms with Gasteiger partial charge in [-0.2, -0.15) is 0 Å². The molecule has 0 fully saturated rings. The minimum atomic E-state index is -0.555. The Morgan fingerprint density at radius 3 is 1.59 bits per heavy atom. The Hall–Kier alpha value is -3.48. The summed E-state index contributed by atoms with van der Waals surface area (Å²) in [4.78, 5) is 24.7. The van der Waals surface area contributed by atoms with Gasteiger partial charge in [0.25, 0.3) is 0 Å². The summed E-state index contributed by atoms with van der Waals surface area (Å²) in [7, 11) is 1.64. The van der Waals surface area contributed by atoms with Crippen molar-refractivity contribution in [3.05, 3.63) is 53.6 Å². The van der Waals surface area contributed by atoms with Gasteiger partial charge in [-0.05, 0) is 101 Å². The first-order valence-corrected chi connectivity index (χ1v) is 15.8. The summed E-state index contributed by atoms with van der Waals surface area (Å²) in [5, 5.41) is 0. The normalized spacial score (nSPS) is 12.1. The Labute approximate surface area is 265 Å². The Morgan fingerprint density at radius 1 is 0.659 bits per heavy atom. The zero-order valence-electron chi connectivity index (χ0n) is 28.4. The largest absolute Gasteiger partial charge is 0.497 e. The fourth-order valence-corrected chi connectivity index (χ4v) is 4.25. The van der Waals surface area contributed by atoms with Crippen LogP contribution in [-0.2, 0) is 19.1 Å². The molecular weight excluding hydrogens is 556 g/mol. The molecule has 0 unspecified atom stereocenters. The third-order valence-corrected chi connectivity index (χ3v) is 7.12. The van der Waals surface area contributed by atoms with Crippen LogP contribution >= 0.6 is 0 Å².